The quantitative estimate of drug-likeness (QED) is 0.451. The van der Waals surface area contributed by atoms with Crippen molar-refractivity contribution in [2.45, 2.75) is 17.9 Å². The lowest BCUT2D eigenvalue weighted by atomic mass is 10.1. The Balaban J connectivity index is 1.67. The third-order valence-electron chi connectivity index (χ3n) is 4.92. The average Bonchev–Trinajstić information content (AvgIpc) is 2.77. The zero-order valence-electron chi connectivity index (χ0n) is 16.0. The molecule has 0 amide bonds. The molecule has 0 radical (unpaired) electrons. The predicted octanol–water partition coefficient (Wildman–Crippen LogP) is 4.67. The normalized spacial score (nSPS) is 11.8. The molecular weight excluding hydrogens is 380 g/mol. The van der Waals surface area contributed by atoms with Gasteiger partial charge in [-0.05, 0) is 47.0 Å². The summed E-state index contributed by atoms with van der Waals surface area (Å²) in [5.74, 6) is 0. The van der Waals surface area contributed by atoms with Crippen molar-refractivity contribution in [2.24, 2.45) is 0 Å². The summed E-state index contributed by atoms with van der Waals surface area (Å²) in [7, 11) is -3.67. The Morgan fingerprint density at radius 3 is 2.24 bits per heavy atom. The van der Waals surface area contributed by atoms with Crippen LogP contribution in [0.25, 0.3) is 10.8 Å². The van der Waals surface area contributed by atoms with Gasteiger partial charge in [0.15, 0.2) is 0 Å². The van der Waals surface area contributed by atoms with E-state index in [1.807, 2.05) is 78.9 Å². The fourth-order valence-electron chi connectivity index (χ4n) is 3.33. The maximum atomic E-state index is 13.5. The molecule has 4 nitrogen and oxygen atoms in total. The minimum Gasteiger partial charge on any atom is -0.260 e. The maximum Gasteiger partial charge on any atom is 0.243 e. The highest BCUT2D eigenvalue weighted by molar-refractivity contribution is 7.89. The van der Waals surface area contributed by atoms with Gasteiger partial charge in [-0.1, -0.05) is 66.7 Å². The minimum atomic E-state index is -3.67. The van der Waals surface area contributed by atoms with Crippen molar-refractivity contribution in [3.05, 3.63) is 108 Å². The third kappa shape index (κ3) is 4.53. The summed E-state index contributed by atoms with van der Waals surface area (Å²) in [5.41, 5.74) is 1.83. The average molecular weight is 403 g/mol. The van der Waals surface area contributed by atoms with Gasteiger partial charge in [-0.25, -0.2) is 8.42 Å². The predicted molar refractivity (Wildman–Crippen MR) is 116 cm³/mol. The zero-order valence-corrected chi connectivity index (χ0v) is 16.8. The second-order valence-corrected chi connectivity index (χ2v) is 8.84. The Morgan fingerprint density at radius 2 is 1.48 bits per heavy atom. The molecule has 0 spiro atoms. The minimum absolute atomic E-state index is 0.239. The van der Waals surface area contributed by atoms with E-state index in [9.17, 15) is 8.42 Å². The van der Waals surface area contributed by atoms with Gasteiger partial charge in [0.2, 0.25) is 10.0 Å². The number of hydrogen-bond acceptors (Lipinski definition) is 3. The molecule has 29 heavy (non-hydrogen) atoms. The van der Waals surface area contributed by atoms with Gasteiger partial charge in [0.05, 0.1) is 17.1 Å². The number of hydrogen-bond donors (Lipinski definition) is 0. The summed E-state index contributed by atoms with van der Waals surface area (Å²) in [6.07, 6.45) is 2.33. The summed E-state index contributed by atoms with van der Waals surface area (Å²) >= 11 is 0. The Kier molecular flexibility index (Phi) is 5.69. The first-order chi connectivity index (χ1) is 14.1. The SMILES string of the molecule is O=S(=O)(c1ccc2ccccc2c1)N(CCc1ccccc1)Cc1ccccn1. The molecule has 0 N–H and O–H groups in total. The molecule has 0 aliphatic heterocycles. The van der Waals surface area contributed by atoms with Crippen LogP contribution in [0.2, 0.25) is 0 Å². The summed E-state index contributed by atoms with van der Waals surface area (Å²) in [6, 6.07) is 28.6. The van der Waals surface area contributed by atoms with Gasteiger partial charge < -0.3 is 0 Å². The molecule has 3 aromatic carbocycles. The number of benzene rings is 3. The lowest BCUT2D eigenvalue weighted by molar-refractivity contribution is 0.405. The molecule has 0 unspecified atom stereocenters. The number of fused-ring (bicyclic) bond motifs is 1. The first-order valence-corrected chi connectivity index (χ1v) is 11.0. The smallest absolute Gasteiger partial charge is 0.243 e. The molecule has 0 saturated heterocycles. The van der Waals surface area contributed by atoms with Crippen LogP contribution in [0.15, 0.2) is 102 Å². The van der Waals surface area contributed by atoms with Crippen molar-refractivity contribution in [3.8, 4) is 0 Å². The van der Waals surface area contributed by atoms with E-state index in [4.69, 9.17) is 0 Å². The molecule has 0 fully saturated rings. The van der Waals surface area contributed by atoms with Gasteiger partial charge in [-0.15, -0.1) is 0 Å². The van der Waals surface area contributed by atoms with E-state index in [2.05, 4.69) is 4.98 Å². The third-order valence-corrected chi connectivity index (χ3v) is 6.76. The van der Waals surface area contributed by atoms with Gasteiger partial charge in [0.25, 0.3) is 0 Å². The van der Waals surface area contributed by atoms with Crippen LogP contribution >= 0.6 is 0 Å². The molecule has 0 bridgehead atoms. The second kappa shape index (κ2) is 8.55. The largest absolute Gasteiger partial charge is 0.260 e. The Hall–Kier alpha value is -3.02. The Bertz CT molecular complexity index is 1190. The van der Waals surface area contributed by atoms with Crippen molar-refractivity contribution < 1.29 is 8.42 Å². The summed E-state index contributed by atoms with van der Waals surface area (Å²) in [4.78, 5) is 4.63. The lowest BCUT2D eigenvalue weighted by Crippen LogP contribution is -2.33. The van der Waals surface area contributed by atoms with Crippen LogP contribution in [0.1, 0.15) is 11.3 Å². The molecule has 1 heterocycles. The van der Waals surface area contributed by atoms with Crippen LogP contribution < -0.4 is 0 Å². The Labute approximate surface area is 171 Å². The molecule has 5 heteroatoms. The van der Waals surface area contributed by atoms with E-state index in [1.54, 1.807) is 18.3 Å². The van der Waals surface area contributed by atoms with Crippen LogP contribution in [0, 0.1) is 0 Å². The molecule has 0 atom stereocenters. The van der Waals surface area contributed by atoms with E-state index < -0.39 is 10.0 Å². The van der Waals surface area contributed by atoms with E-state index in [0.717, 1.165) is 22.0 Å². The van der Waals surface area contributed by atoms with E-state index in [-0.39, 0.29) is 6.54 Å². The number of rotatable bonds is 7. The van der Waals surface area contributed by atoms with E-state index in [1.165, 1.54) is 4.31 Å². The zero-order chi connectivity index (χ0) is 20.1. The molecule has 146 valence electrons. The fraction of sp³-hybridized carbons (Fsp3) is 0.125. The Morgan fingerprint density at radius 1 is 0.759 bits per heavy atom. The van der Waals surface area contributed by atoms with Gasteiger partial charge in [-0.3, -0.25) is 4.98 Å². The number of aromatic nitrogens is 1. The number of sulfonamides is 1. The highest BCUT2D eigenvalue weighted by atomic mass is 32.2. The monoisotopic (exact) mass is 402 g/mol. The van der Waals surface area contributed by atoms with Crippen LogP contribution in [0.5, 0.6) is 0 Å². The van der Waals surface area contributed by atoms with Crippen molar-refractivity contribution in [1.82, 2.24) is 9.29 Å². The van der Waals surface area contributed by atoms with Crippen LogP contribution in [-0.2, 0) is 23.0 Å². The van der Waals surface area contributed by atoms with Crippen LogP contribution in [-0.4, -0.2) is 24.3 Å². The molecule has 0 aliphatic carbocycles. The lowest BCUT2D eigenvalue weighted by Gasteiger charge is -2.22. The van der Waals surface area contributed by atoms with Crippen molar-refractivity contribution in [3.63, 3.8) is 0 Å². The van der Waals surface area contributed by atoms with Crippen LogP contribution in [0.3, 0.4) is 0 Å². The maximum absolute atomic E-state index is 13.5. The molecule has 4 aromatic rings. The molecule has 4 rings (SSSR count). The number of nitrogens with zero attached hydrogens (tertiary/aromatic N) is 2. The topological polar surface area (TPSA) is 50.3 Å². The van der Waals surface area contributed by atoms with Crippen molar-refractivity contribution in [2.75, 3.05) is 6.54 Å². The summed E-state index contributed by atoms with van der Waals surface area (Å²) in [5, 5.41) is 1.93. The van der Waals surface area contributed by atoms with Crippen molar-refractivity contribution >= 4 is 20.8 Å². The highest BCUT2D eigenvalue weighted by Crippen LogP contribution is 2.23. The second-order valence-electron chi connectivity index (χ2n) is 6.90. The number of pyridine rings is 1. The highest BCUT2D eigenvalue weighted by Gasteiger charge is 2.25. The molecule has 1 aromatic heterocycles. The standard InChI is InChI=1S/C24H22N2O2S/c27-29(28,24-14-13-21-10-4-5-11-22(21)18-24)26(19-23-12-6-7-16-25-23)17-15-20-8-2-1-3-9-20/h1-14,16,18H,15,17,19H2. The summed E-state index contributed by atoms with van der Waals surface area (Å²) < 4.78 is 28.5. The fourth-order valence-corrected chi connectivity index (χ4v) is 4.78. The van der Waals surface area contributed by atoms with Crippen LogP contribution in [0.4, 0.5) is 0 Å². The van der Waals surface area contributed by atoms with Crippen molar-refractivity contribution in [1.29, 1.82) is 0 Å². The van der Waals surface area contributed by atoms with Gasteiger partial charge in [-0.2, -0.15) is 4.31 Å². The van der Waals surface area contributed by atoms with Gasteiger partial charge in [0.1, 0.15) is 0 Å². The summed E-state index contributed by atoms with van der Waals surface area (Å²) in [6.45, 7) is 0.624. The van der Waals surface area contributed by atoms with E-state index in [0.29, 0.717) is 17.9 Å². The first kappa shape index (κ1) is 19.3. The van der Waals surface area contributed by atoms with Gasteiger partial charge in [0, 0.05) is 12.7 Å². The molecule has 0 saturated carbocycles. The first-order valence-electron chi connectivity index (χ1n) is 9.56. The molecular formula is C24H22N2O2S. The van der Waals surface area contributed by atoms with E-state index >= 15 is 0 Å². The molecule has 0 aliphatic rings. The van der Waals surface area contributed by atoms with Gasteiger partial charge >= 0.3 is 0 Å².